The molecule has 0 bridgehead atoms. The van der Waals surface area contributed by atoms with Gasteiger partial charge in [0, 0.05) is 12.6 Å². The Bertz CT molecular complexity index is 745. The number of nitrogens with one attached hydrogen (secondary N) is 1. The molecule has 25 heavy (non-hydrogen) atoms. The van der Waals surface area contributed by atoms with Gasteiger partial charge < -0.3 is 9.88 Å². The summed E-state index contributed by atoms with van der Waals surface area (Å²) in [5, 5.41) is 3.06. The fraction of sp³-hybridized carbons (Fsp3) is 0.706. The lowest BCUT2D eigenvalue weighted by Gasteiger charge is -2.11. The SMILES string of the molecule is FC(F)(F)c1nc(NC2CC2)c2ncn(CCCC3CCCC3)c2n1. The van der Waals surface area contributed by atoms with Crippen LogP contribution in [-0.2, 0) is 12.7 Å². The fourth-order valence-corrected chi connectivity index (χ4v) is 3.61. The second kappa shape index (κ2) is 6.46. The van der Waals surface area contributed by atoms with E-state index in [0.29, 0.717) is 12.1 Å². The zero-order valence-electron chi connectivity index (χ0n) is 14.0. The van der Waals surface area contributed by atoms with Gasteiger partial charge in [0.05, 0.1) is 6.33 Å². The van der Waals surface area contributed by atoms with Crippen molar-refractivity contribution >= 4 is 17.0 Å². The molecule has 0 aliphatic heterocycles. The molecule has 2 aromatic heterocycles. The van der Waals surface area contributed by atoms with E-state index in [4.69, 9.17) is 0 Å². The third-order valence-electron chi connectivity index (χ3n) is 5.12. The predicted molar refractivity (Wildman–Crippen MR) is 88.2 cm³/mol. The Morgan fingerprint density at radius 3 is 2.56 bits per heavy atom. The number of aromatic nitrogens is 4. The second-order valence-corrected chi connectivity index (χ2v) is 7.22. The summed E-state index contributed by atoms with van der Waals surface area (Å²) < 4.78 is 41.2. The lowest BCUT2D eigenvalue weighted by molar-refractivity contribution is -0.144. The largest absolute Gasteiger partial charge is 0.451 e. The number of anilines is 1. The van der Waals surface area contributed by atoms with E-state index in [1.165, 1.54) is 25.7 Å². The maximum Gasteiger partial charge on any atom is 0.451 e. The Morgan fingerprint density at radius 1 is 1.12 bits per heavy atom. The zero-order chi connectivity index (χ0) is 17.4. The first-order valence-electron chi connectivity index (χ1n) is 9.07. The number of hydrogen-bond donors (Lipinski definition) is 1. The van der Waals surface area contributed by atoms with Gasteiger partial charge in [-0.1, -0.05) is 25.7 Å². The Labute approximate surface area is 144 Å². The molecular weight excluding hydrogens is 331 g/mol. The molecule has 0 radical (unpaired) electrons. The highest BCUT2D eigenvalue weighted by Crippen LogP contribution is 2.33. The van der Waals surface area contributed by atoms with Crippen molar-refractivity contribution in [2.45, 2.75) is 70.1 Å². The topological polar surface area (TPSA) is 55.6 Å². The maximum absolute atomic E-state index is 13.2. The first kappa shape index (κ1) is 16.6. The standard InChI is InChI=1S/C17H22F3N5/c18-17(19,20)16-23-14(22-12-7-8-12)13-15(24-16)25(10-21-13)9-3-6-11-4-1-2-5-11/h10-12H,1-9H2,(H,22,23,24). The Balaban J connectivity index is 1.58. The molecular formula is C17H22F3N5. The molecule has 2 aliphatic carbocycles. The van der Waals surface area contributed by atoms with E-state index < -0.39 is 12.0 Å². The molecule has 0 unspecified atom stereocenters. The number of nitrogens with zero attached hydrogens (tertiary/aromatic N) is 4. The van der Waals surface area contributed by atoms with Crippen LogP contribution in [0.25, 0.3) is 11.2 Å². The van der Waals surface area contributed by atoms with Crippen LogP contribution >= 0.6 is 0 Å². The summed E-state index contributed by atoms with van der Waals surface area (Å²) in [7, 11) is 0. The number of rotatable bonds is 6. The van der Waals surface area contributed by atoms with Crippen LogP contribution in [0.5, 0.6) is 0 Å². The maximum atomic E-state index is 13.2. The van der Waals surface area contributed by atoms with Crippen molar-refractivity contribution in [3.63, 3.8) is 0 Å². The molecule has 2 fully saturated rings. The second-order valence-electron chi connectivity index (χ2n) is 7.22. The van der Waals surface area contributed by atoms with Crippen LogP contribution in [0.1, 0.15) is 57.2 Å². The fourth-order valence-electron chi connectivity index (χ4n) is 3.61. The van der Waals surface area contributed by atoms with Crippen LogP contribution in [0, 0.1) is 5.92 Å². The lowest BCUT2D eigenvalue weighted by Crippen LogP contribution is -2.15. The average molecular weight is 353 g/mol. The van der Waals surface area contributed by atoms with Crippen LogP contribution in [-0.4, -0.2) is 25.6 Å². The van der Waals surface area contributed by atoms with Crippen molar-refractivity contribution < 1.29 is 13.2 Å². The molecule has 0 spiro atoms. The first-order valence-corrected chi connectivity index (χ1v) is 9.07. The summed E-state index contributed by atoms with van der Waals surface area (Å²) in [6.07, 6.45) is 6.15. The molecule has 1 N–H and O–H groups in total. The van der Waals surface area contributed by atoms with Gasteiger partial charge in [0.15, 0.2) is 11.5 Å². The van der Waals surface area contributed by atoms with Crippen molar-refractivity contribution in [1.29, 1.82) is 0 Å². The van der Waals surface area contributed by atoms with E-state index in [1.807, 2.05) is 0 Å². The predicted octanol–water partition coefficient (Wildman–Crippen LogP) is 4.39. The smallest absolute Gasteiger partial charge is 0.365 e. The minimum Gasteiger partial charge on any atom is -0.365 e. The van der Waals surface area contributed by atoms with Gasteiger partial charge in [-0.05, 0) is 31.6 Å². The third-order valence-corrected chi connectivity index (χ3v) is 5.12. The summed E-state index contributed by atoms with van der Waals surface area (Å²) >= 11 is 0. The van der Waals surface area contributed by atoms with E-state index in [-0.39, 0.29) is 17.5 Å². The molecule has 0 atom stereocenters. The van der Waals surface area contributed by atoms with Crippen LogP contribution in [0.4, 0.5) is 19.0 Å². The summed E-state index contributed by atoms with van der Waals surface area (Å²) in [5.41, 5.74) is 0.706. The summed E-state index contributed by atoms with van der Waals surface area (Å²) in [6, 6.07) is 0.201. The zero-order valence-corrected chi connectivity index (χ0v) is 14.0. The van der Waals surface area contributed by atoms with Crippen LogP contribution in [0.2, 0.25) is 0 Å². The van der Waals surface area contributed by atoms with Crippen molar-refractivity contribution in [3.8, 4) is 0 Å². The number of fused-ring (bicyclic) bond motifs is 1. The minimum atomic E-state index is -4.56. The van der Waals surface area contributed by atoms with Gasteiger partial charge in [-0.15, -0.1) is 0 Å². The van der Waals surface area contributed by atoms with Gasteiger partial charge in [0.25, 0.3) is 0 Å². The van der Waals surface area contributed by atoms with Crippen molar-refractivity contribution in [3.05, 3.63) is 12.2 Å². The minimum absolute atomic E-state index is 0.201. The number of hydrogen-bond acceptors (Lipinski definition) is 4. The third kappa shape index (κ3) is 3.72. The molecule has 2 saturated carbocycles. The van der Waals surface area contributed by atoms with Gasteiger partial charge in [0.2, 0.25) is 5.82 Å². The molecule has 0 aromatic carbocycles. The van der Waals surface area contributed by atoms with Gasteiger partial charge in [-0.25, -0.2) is 15.0 Å². The summed E-state index contributed by atoms with van der Waals surface area (Å²) in [6.45, 7) is 0.643. The molecule has 5 nitrogen and oxygen atoms in total. The molecule has 136 valence electrons. The normalized spacial score (nSPS) is 19.0. The highest BCUT2D eigenvalue weighted by Gasteiger charge is 2.37. The molecule has 0 amide bonds. The number of alkyl halides is 3. The van der Waals surface area contributed by atoms with E-state index in [9.17, 15) is 13.2 Å². The number of imidazole rings is 1. The molecule has 2 heterocycles. The Kier molecular flexibility index (Phi) is 4.29. The monoisotopic (exact) mass is 353 g/mol. The van der Waals surface area contributed by atoms with Crippen LogP contribution in [0.3, 0.4) is 0 Å². The average Bonchev–Trinajstić information content (AvgIpc) is 3.07. The summed E-state index contributed by atoms with van der Waals surface area (Å²) in [4.78, 5) is 11.7. The van der Waals surface area contributed by atoms with Gasteiger partial charge in [-0.3, -0.25) is 0 Å². The summed E-state index contributed by atoms with van der Waals surface area (Å²) in [5.74, 6) is -0.127. The Hall–Kier alpha value is -1.86. The van der Waals surface area contributed by atoms with Gasteiger partial charge in [-0.2, -0.15) is 13.2 Å². The van der Waals surface area contributed by atoms with E-state index in [1.54, 1.807) is 10.9 Å². The van der Waals surface area contributed by atoms with Crippen molar-refractivity contribution in [1.82, 2.24) is 19.5 Å². The molecule has 4 rings (SSSR count). The van der Waals surface area contributed by atoms with Crippen LogP contribution in [0.15, 0.2) is 6.33 Å². The molecule has 8 heteroatoms. The highest BCUT2D eigenvalue weighted by molar-refractivity contribution is 5.83. The van der Waals surface area contributed by atoms with E-state index in [0.717, 1.165) is 31.6 Å². The highest BCUT2D eigenvalue weighted by atomic mass is 19.4. The first-order chi connectivity index (χ1) is 12.0. The van der Waals surface area contributed by atoms with E-state index >= 15 is 0 Å². The quantitative estimate of drug-likeness (QED) is 0.837. The van der Waals surface area contributed by atoms with E-state index in [2.05, 4.69) is 20.3 Å². The molecule has 2 aromatic rings. The molecule has 0 saturated heterocycles. The number of halogens is 3. The number of aryl methyl sites for hydroxylation is 1. The van der Waals surface area contributed by atoms with Crippen molar-refractivity contribution in [2.75, 3.05) is 5.32 Å². The van der Waals surface area contributed by atoms with Crippen LogP contribution < -0.4 is 5.32 Å². The van der Waals surface area contributed by atoms with Gasteiger partial charge >= 0.3 is 6.18 Å². The molecule has 2 aliphatic rings. The Morgan fingerprint density at radius 2 is 1.88 bits per heavy atom. The van der Waals surface area contributed by atoms with Gasteiger partial charge in [0.1, 0.15) is 5.52 Å². The van der Waals surface area contributed by atoms with Crippen molar-refractivity contribution in [2.24, 2.45) is 5.92 Å². The lowest BCUT2D eigenvalue weighted by atomic mass is 10.0.